The standard InChI is InChI=1S/C19H28N2O3/c1-21(13-15-11-12-23-14-15)19(22)20-17-9-5-6-10-18(17)24-16-7-3-2-4-8-16/h2-4,7-8,15,17-18H,5-6,9-14H2,1H3,(H,20,22)/t15-,17-,18+/m0/s1. The molecule has 2 aliphatic rings. The Labute approximate surface area is 144 Å². The highest BCUT2D eigenvalue weighted by atomic mass is 16.5. The molecule has 5 heteroatoms. The van der Waals surface area contributed by atoms with E-state index in [1.807, 2.05) is 37.4 Å². The van der Waals surface area contributed by atoms with Crippen molar-refractivity contribution in [1.82, 2.24) is 10.2 Å². The molecule has 3 atom stereocenters. The molecule has 1 aromatic rings. The van der Waals surface area contributed by atoms with Gasteiger partial charge in [-0.2, -0.15) is 0 Å². The molecule has 0 bridgehead atoms. The number of para-hydroxylation sites is 1. The summed E-state index contributed by atoms with van der Waals surface area (Å²) in [6.45, 7) is 2.33. The van der Waals surface area contributed by atoms with Crippen molar-refractivity contribution in [2.75, 3.05) is 26.8 Å². The highest BCUT2D eigenvalue weighted by Crippen LogP contribution is 2.24. The molecule has 132 valence electrons. The van der Waals surface area contributed by atoms with E-state index in [-0.39, 0.29) is 18.2 Å². The van der Waals surface area contributed by atoms with Crippen LogP contribution in [0.15, 0.2) is 30.3 Å². The normalized spacial score (nSPS) is 26.8. The molecule has 1 N–H and O–H groups in total. The van der Waals surface area contributed by atoms with Gasteiger partial charge in [0, 0.05) is 26.1 Å². The number of hydrogen-bond donors (Lipinski definition) is 1. The van der Waals surface area contributed by atoms with Gasteiger partial charge in [0.05, 0.1) is 12.6 Å². The summed E-state index contributed by atoms with van der Waals surface area (Å²) in [5.41, 5.74) is 0. The van der Waals surface area contributed by atoms with Crippen molar-refractivity contribution in [2.45, 2.75) is 44.2 Å². The van der Waals surface area contributed by atoms with Crippen LogP contribution >= 0.6 is 0 Å². The molecule has 0 radical (unpaired) electrons. The van der Waals surface area contributed by atoms with Crippen LogP contribution in [0, 0.1) is 5.92 Å². The van der Waals surface area contributed by atoms with Crippen molar-refractivity contribution in [2.24, 2.45) is 5.92 Å². The molecule has 2 amide bonds. The molecule has 3 rings (SSSR count). The van der Waals surface area contributed by atoms with Crippen LogP contribution in [-0.2, 0) is 4.74 Å². The summed E-state index contributed by atoms with van der Waals surface area (Å²) < 4.78 is 11.5. The summed E-state index contributed by atoms with van der Waals surface area (Å²) in [5, 5.41) is 3.18. The van der Waals surface area contributed by atoms with Gasteiger partial charge in [0.25, 0.3) is 0 Å². The summed E-state index contributed by atoms with van der Waals surface area (Å²) in [4.78, 5) is 14.3. The molecule has 24 heavy (non-hydrogen) atoms. The summed E-state index contributed by atoms with van der Waals surface area (Å²) in [7, 11) is 1.86. The maximum Gasteiger partial charge on any atom is 0.317 e. The number of ether oxygens (including phenoxy) is 2. The molecule has 0 aromatic heterocycles. The highest BCUT2D eigenvalue weighted by molar-refractivity contribution is 5.74. The lowest BCUT2D eigenvalue weighted by Crippen LogP contribution is -2.51. The van der Waals surface area contributed by atoms with Gasteiger partial charge in [0.1, 0.15) is 11.9 Å². The van der Waals surface area contributed by atoms with E-state index in [9.17, 15) is 4.79 Å². The van der Waals surface area contributed by atoms with E-state index >= 15 is 0 Å². The second-order valence-corrected chi connectivity index (χ2v) is 6.92. The second kappa shape index (κ2) is 8.38. The number of urea groups is 1. The molecule has 1 saturated heterocycles. The van der Waals surface area contributed by atoms with Crippen LogP contribution in [0.25, 0.3) is 0 Å². The first-order chi connectivity index (χ1) is 11.7. The van der Waals surface area contributed by atoms with Crippen LogP contribution in [-0.4, -0.2) is 49.9 Å². The molecule has 1 aliphatic heterocycles. The van der Waals surface area contributed by atoms with Gasteiger partial charge in [-0.15, -0.1) is 0 Å². The molecular formula is C19H28N2O3. The Hall–Kier alpha value is -1.75. The van der Waals surface area contributed by atoms with Gasteiger partial charge in [-0.1, -0.05) is 24.6 Å². The van der Waals surface area contributed by atoms with Crippen LogP contribution in [0.1, 0.15) is 32.1 Å². The number of nitrogens with one attached hydrogen (secondary N) is 1. The molecule has 0 spiro atoms. The number of carbonyl (C=O) groups excluding carboxylic acids is 1. The zero-order valence-electron chi connectivity index (χ0n) is 14.4. The van der Waals surface area contributed by atoms with E-state index in [4.69, 9.17) is 9.47 Å². The van der Waals surface area contributed by atoms with Crippen molar-refractivity contribution < 1.29 is 14.3 Å². The number of rotatable bonds is 5. The van der Waals surface area contributed by atoms with Crippen molar-refractivity contribution in [3.8, 4) is 5.75 Å². The van der Waals surface area contributed by atoms with Crippen molar-refractivity contribution in [3.05, 3.63) is 30.3 Å². The van der Waals surface area contributed by atoms with Gasteiger partial charge in [-0.25, -0.2) is 4.79 Å². The fourth-order valence-corrected chi connectivity index (χ4v) is 3.54. The Morgan fingerprint density at radius 3 is 2.79 bits per heavy atom. The van der Waals surface area contributed by atoms with Crippen LogP contribution in [0.3, 0.4) is 0 Å². The van der Waals surface area contributed by atoms with E-state index in [0.29, 0.717) is 5.92 Å². The minimum Gasteiger partial charge on any atom is -0.488 e. The van der Waals surface area contributed by atoms with Crippen LogP contribution < -0.4 is 10.1 Å². The average Bonchev–Trinajstić information content (AvgIpc) is 3.10. The first-order valence-corrected chi connectivity index (χ1v) is 9.03. The van der Waals surface area contributed by atoms with Crippen LogP contribution in [0.4, 0.5) is 4.79 Å². The average molecular weight is 332 g/mol. The predicted octanol–water partition coefficient (Wildman–Crippen LogP) is 3.05. The molecule has 1 saturated carbocycles. The Kier molecular flexibility index (Phi) is 5.96. The maximum atomic E-state index is 12.5. The Bertz CT molecular complexity index is 517. The molecule has 0 unspecified atom stereocenters. The summed E-state index contributed by atoms with van der Waals surface area (Å²) >= 11 is 0. The zero-order valence-corrected chi connectivity index (χ0v) is 14.4. The molecular weight excluding hydrogens is 304 g/mol. The molecule has 5 nitrogen and oxygen atoms in total. The smallest absolute Gasteiger partial charge is 0.317 e. The van der Waals surface area contributed by atoms with Gasteiger partial charge >= 0.3 is 6.03 Å². The summed E-state index contributed by atoms with van der Waals surface area (Å²) in [6, 6.07) is 9.95. The Morgan fingerprint density at radius 1 is 1.25 bits per heavy atom. The monoisotopic (exact) mass is 332 g/mol. The number of amides is 2. The minimum absolute atomic E-state index is 0.00420. The number of hydrogen-bond acceptors (Lipinski definition) is 3. The SMILES string of the molecule is CN(C[C@@H]1CCOC1)C(=O)N[C@H]1CCCC[C@H]1Oc1ccccc1. The zero-order chi connectivity index (χ0) is 16.8. The highest BCUT2D eigenvalue weighted by Gasteiger charge is 2.29. The maximum absolute atomic E-state index is 12.5. The van der Waals surface area contributed by atoms with Gasteiger partial charge in [-0.05, 0) is 37.8 Å². The minimum atomic E-state index is -0.00420. The van der Waals surface area contributed by atoms with E-state index in [1.54, 1.807) is 4.90 Å². The largest absolute Gasteiger partial charge is 0.488 e. The Morgan fingerprint density at radius 2 is 2.04 bits per heavy atom. The summed E-state index contributed by atoms with van der Waals surface area (Å²) in [5.74, 6) is 1.34. The number of carbonyl (C=O) groups is 1. The second-order valence-electron chi connectivity index (χ2n) is 6.92. The van der Waals surface area contributed by atoms with Crippen LogP contribution in [0.5, 0.6) is 5.75 Å². The van der Waals surface area contributed by atoms with E-state index in [1.165, 1.54) is 0 Å². The van der Waals surface area contributed by atoms with Gasteiger partial charge in [0.2, 0.25) is 0 Å². The number of benzene rings is 1. The third kappa shape index (κ3) is 4.63. The summed E-state index contributed by atoms with van der Waals surface area (Å²) in [6.07, 6.45) is 5.34. The fourth-order valence-electron chi connectivity index (χ4n) is 3.54. The van der Waals surface area contributed by atoms with Crippen molar-refractivity contribution in [1.29, 1.82) is 0 Å². The molecule has 1 aliphatic carbocycles. The quantitative estimate of drug-likeness (QED) is 0.901. The van der Waals surface area contributed by atoms with Crippen molar-refractivity contribution in [3.63, 3.8) is 0 Å². The van der Waals surface area contributed by atoms with E-state index in [2.05, 4.69) is 5.32 Å². The predicted molar refractivity (Wildman–Crippen MR) is 93.2 cm³/mol. The third-order valence-electron chi connectivity index (χ3n) is 4.94. The van der Waals surface area contributed by atoms with Crippen molar-refractivity contribution >= 4 is 6.03 Å². The lowest BCUT2D eigenvalue weighted by Gasteiger charge is -2.34. The number of nitrogens with zero attached hydrogens (tertiary/aromatic N) is 1. The lowest BCUT2D eigenvalue weighted by atomic mass is 9.92. The van der Waals surface area contributed by atoms with E-state index < -0.39 is 0 Å². The topological polar surface area (TPSA) is 50.8 Å². The molecule has 1 heterocycles. The molecule has 2 fully saturated rings. The molecule has 1 aromatic carbocycles. The van der Waals surface area contributed by atoms with Crippen LogP contribution in [0.2, 0.25) is 0 Å². The van der Waals surface area contributed by atoms with E-state index in [0.717, 1.165) is 57.6 Å². The fraction of sp³-hybridized carbons (Fsp3) is 0.632. The van der Waals surface area contributed by atoms with Gasteiger partial charge in [0.15, 0.2) is 0 Å². The lowest BCUT2D eigenvalue weighted by molar-refractivity contribution is 0.110. The van der Waals surface area contributed by atoms with Gasteiger partial charge < -0.3 is 19.7 Å². The third-order valence-corrected chi connectivity index (χ3v) is 4.94. The first-order valence-electron chi connectivity index (χ1n) is 9.03. The first kappa shape index (κ1) is 17.1. The Balaban J connectivity index is 1.53. The van der Waals surface area contributed by atoms with Gasteiger partial charge in [-0.3, -0.25) is 0 Å².